The summed E-state index contributed by atoms with van der Waals surface area (Å²) >= 11 is 3.46. The third-order valence-electron chi connectivity index (χ3n) is 3.31. The first-order valence-corrected chi connectivity index (χ1v) is 7.08. The van der Waals surface area contributed by atoms with Crippen molar-refractivity contribution in [2.45, 2.75) is 37.1 Å². The number of alkyl halides is 1. The molecule has 0 bridgehead atoms. The summed E-state index contributed by atoms with van der Waals surface area (Å²) in [6, 6.07) is 10.6. The van der Waals surface area contributed by atoms with Gasteiger partial charge in [-0.3, -0.25) is 4.79 Å². The van der Waals surface area contributed by atoms with E-state index in [1.807, 2.05) is 23.1 Å². The quantitative estimate of drug-likeness (QED) is 0.785. The summed E-state index contributed by atoms with van der Waals surface area (Å²) in [6.45, 7) is 3.03. The van der Waals surface area contributed by atoms with Crippen LogP contribution in [0.5, 0.6) is 0 Å². The predicted octanol–water partition coefficient (Wildman–Crippen LogP) is 3.00. The highest BCUT2D eigenvalue weighted by atomic mass is 79.9. The van der Waals surface area contributed by atoms with Crippen LogP contribution in [-0.2, 0) is 11.2 Å². The molecule has 3 heteroatoms. The summed E-state index contributed by atoms with van der Waals surface area (Å²) < 4.78 is 0. The number of carbonyl (C=O) groups excluding carboxylic acids is 1. The van der Waals surface area contributed by atoms with Crippen LogP contribution in [0.3, 0.4) is 0 Å². The fraction of sp³-hybridized carbons (Fsp3) is 0.500. The number of carbonyl (C=O) groups is 1. The molecule has 0 N–H and O–H groups in total. The molecule has 2 nitrogen and oxygen atoms in total. The van der Waals surface area contributed by atoms with Gasteiger partial charge in [0, 0.05) is 12.6 Å². The number of nitrogens with zero attached hydrogens (tertiary/aromatic N) is 1. The molecule has 1 amide bonds. The van der Waals surface area contributed by atoms with Gasteiger partial charge in [-0.1, -0.05) is 46.3 Å². The SMILES string of the molecule is CC(Cc1ccccc1)N1CCCC(Br)C1=O. The number of halogens is 1. The second kappa shape index (κ2) is 5.67. The molecule has 1 fully saturated rings. The minimum atomic E-state index is 0.0227. The topological polar surface area (TPSA) is 20.3 Å². The molecule has 0 radical (unpaired) electrons. The van der Waals surface area contributed by atoms with Crippen molar-refractivity contribution < 1.29 is 4.79 Å². The van der Waals surface area contributed by atoms with Crippen LogP contribution < -0.4 is 0 Å². The minimum Gasteiger partial charge on any atom is -0.339 e. The number of piperidine rings is 1. The van der Waals surface area contributed by atoms with Crippen LogP contribution >= 0.6 is 15.9 Å². The Bertz CT molecular complexity index is 379. The Kier molecular flexibility index (Phi) is 4.21. The Morgan fingerprint density at radius 3 is 2.82 bits per heavy atom. The average Bonchev–Trinajstić information content (AvgIpc) is 2.34. The van der Waals surface area contributed by atoms with Crippen molar-refractivity contribution in [1.29, 1.82) is 0 Å². The maximum Gasteiger partial charge on any atom is 0.236 e. The summed E-state index contributed by atoms with van der Waals surface area (Å²) in [5.74, 6) is 0.250. The lowest BCUT2D eigenvalue weighted by atomic mass is 10.0. The Morgan fingerprint density at radius 2 is 2.12 bits per heavy atom. The standard InChI is InChI=1S/C14H18BrNO/c1-11(10-12-6-3-2-4-7-12)16-9-5-8-13(15)14(16)17/h2-4,6-7,11,13H,5,8-10H2,1H3. The Balaban J connectivity index is 2.00. The average molecular weight is 296 g/mol. The highest BCUT2D eigenvalue weighted by Gasteiger charge is 2.29. The van der Waals surface area contributed by atoms with Gasteiger partial charge in [-0.25, -0.2) is 0 Å². The van der Waals surface area contributed by atoms with E-state index in [1.165, 1.54) is 5.56 Å². The van der Waals surface area contributed by atoms with Gasteiger partial charge in [-0.05, 0) is 31.7 Å². The number of hydrogen-bond acceptors (Lipinski definition) is 1. The van der Waals surface area contributed by atoms with Crippen LogP contribution in [0, 0.1) is 0 Å². The lowest BCUT2D eigenvalue weighted by Gasteiger charge is -2.35. The third-order valence-corrected chi connectivity index (χ3v) is 4.16. The zero-order chi connectivity index (χ0) is 12.3. The van der Waals surface area contributed by atoms with Gasteiger partial charge in [0.25, 0.3) is 0 Å². The summed E-state index contributed by atoms with van der Waals surface area (Å²) in [5.41, 5.74) is 1.30. The molecule has 1 aromatic rings. The van der Waals surface area contributed by atoms with Gasteiger partial charge in [-0.2, -0.15) is 0 Å². The van der Waals surface area contributed by atoms with Crippen molar-refractivity contribution in [2.75, 3.05) is 6.54 Å². The van der Waals surface area contributed by atoms with Crippen molar-refractivity contribution in [3.63, 3.8) is 0 Å². The molecule has 2 rings (SSSR count). The van der Waals surface area contributed by atoms with Crippen LogP contribution in [0.1, 0.15) is 25.3 Å². The summed E-state index contributed by atoms with van der Waals surface area (Å²) in [4.78, 5) is 14.1. The zero-order valence-electron chi connectivity index (χ0n) is 10.1. The second-order valence-corrected chi connectivity index (χ2v) is 5.79. The highest BCUT2D eigenvalue weighted by molar-refractivity contribution is 9.10. The van der Waals surface area contributed by atoms with Crippen LogP contribution in [0.15, 0.2) is 30.3 Å². The van der Waals surface area contributed by atoms with E-state index in [0.717, 1.165) is 25.8 Å². The van der Waals surface area contributed by atoms with E-state index in [2.05, 4.69) is 35.0 Å². The molecular weight excluding hydrogens is 278 g/mol. The van der Waals surface area contributed by atoms with Crippen molar-refractivity contribution in [3.8, 4) is 0 Å². The Labute approximate surface area is 111 Å². The van der Waals surface area contributed by atoms with E-state index in [9.17, 15) is 4.79 Å². The largest absolute Gasteiger partial charge is 0.339 e. The number of amides is 1. The first-order chi connectivity index (χ1) is 8.18. The van der Waals surface area contributed by atoms with Gasteiger partial charge in [-0.15, -0.1) is 0 Å². The van der Waals surface area contributed by atoms with E-state index in [4.69, 9.17) is 0 Å². The molecule has 0 spiro atoms. The van der Waals surface area contributed by atoms with Crippen LogP contribution in [0.4, 0.5) is 0 Å². The molecule has 0 aromatic heterocycles. The number of rotatable bonds is 3. The summed E-state index contributed by atoms with van der Waals surface area (Å²) in [6.07, 6.45) is 3.00. The van der Waals surface area contributed by atoms with Crippen LogP contribution in [0.2, 0.25) is 0 Å². The summed E-state index contributed by atoms with van der Waals surface area (Å²) in [7, 11) is 0. The molecule has 17 heavy (non-hydrogen) atoms. The van der Waals surface area contributed by atoms with Gasteiger partial charge in [0.05, 0.1) is 4.83 Å². The zero-order valence-corrected chi connectivity index (χ0v) is 11.7. The monoisotopic (exact) mass is 295 g/mol. The van der Waals surface area contributed by atoms with Crippen molar-refractivity contribution >= 4 is 21.8 Å². The molecule has 92 valence electrons. The third kappa shape index (κ3) is 3.09. The van der Waals surface area contributed by atoms with E-state index >= 15 is 0 Å². The first-order valence-electron chi connectivity index (χ1n) is 6.17. The maximum absolute atomic E-state index is 12.0. The van der Waals surface area contributed by atoms with Crippen LogP contribution in [0.25, 0.3) is 0 Å². The molecule has 1 saturated heterocycles. The van der Waals surface area contributed by atoms with Crippen molar-refractivity contribution in [3.05, 3.63) is 35.9 Å². The van der Waals surface area contributed by atoms with Crippen molar-refractivity contribution in [2.24, 2.45) is 0 Å². The molecule has 0 saturated carbocycles. The van der Waals surface area contributed by atoms with E-state index in [-0.39, 0.29) is 16.8 Å². The fourth-order valence-corrected chi connectivity index (χ4v) is 2.94. The molecule has 0 aliphatic carbocycles. The van der Waals surface area contributed by atoms with Gasteiger partial charge in [0.1, 0.15) is 0 Å². The Morgan fingerprint density at radius 1 is 1.41 bits per heavy atom. The van der Waals surface area contributed by atoms with E-state index in [1.54, 1.807) is 0 Å². The van der Waals surface area contributed by atoms with Gasteiger partial charge in [0.2, 0.25) is 5.91 Å². The number of hydrogen-bond donors (Lipinski definition) is 0. The smallest absolute Gasteiger partial charge is 0.236 e. The van der Waals surface area contributed by atoms with Gasteiger partial charge in [0.15, 0.2) is 0 Å². The highest BCUT2D eigenvalue weighted by Crippen LogP contribution is 2.21. The fourth-order valence-electron chi connectivity index (χ4n) is 2.36. The van der Waals surface area contributed by atoms with E-state index in [0.29, 0.717) is 0 Å². The predicted molar refractivity (Wildman–Crippen MR) is 73.3 cm³/mol. The molecule has 2 atom stereocenters. The normalized spacial score (nSPS) is 22.6. The molecule has 1 aliphatic heterocycles. The Hall–Kier alpha value is -0.830. The molecule has 1 aliphatic rings. The van der Waals surface area contributed by atoms with Gasteiger partial charge >= 0.3 is 0 Å². The molecular formula is C14H18BrNO. The minimum absolute atomic E-state index is 0.0227. The molecule has 2 unspecified atom stereocenters. The van der Waals surface area contributed by atoms with E-state index < -0.39 is 0 Å². The lowest BCUT2D eigenvalue weighted by molar-refractivity contribution is -0.134. The molecule has 1 aromatic carbocycles. The molecule has 1 heterocycles. The maximum atomic E-state index is 12.0. The first kappa shape index (κ1) is 12.6. The lowest BCUT2D eigenvalue weighted by Crippen LogP contribution is -2.47. The number of likely N-dealkylation sites (tertiary alicyclic amines) is 1. The summed E-state index contributed by atoms with van der Waals surface area (Å²) in [5, 5.41) is 0. The van der Waals surface area contributed by atoms with Gasteiger partial charge < -0.3 is 4.90 Å². The number of benzene rings is 1. The van der Waals surface area contributed by atoms with Crippen molar-refractivity contribution in [1.82, 2.24) is 4.90 Å². The second-order valence-electron chi connectivity index (χ2n) is 4.68. The van der Waals surface area contributed by atoms with Crippen LogP contribution in [-0.4, -0.2) is 28.2 Å².